The molecule has 0 atom stereocenters. The van der Waals surface area contributed by atoms with Crippen LogP contribution in [0.4, 0.5) is 22.0 Å². The van der Waals surface area contributed by atoms with Gasteiger partial charge in [-0.3, -0.25) is 9.59 Å². The van der Waals surface area contributed by atoms with Gasteiger partial charge in [-0.25, -0.2) is 9.20 Å². The fraction of sp³-hybridized carbons (Fsp3) is 0.429. The summed E-state index contributed by atoms with van der Waals surface area (Å²) in [5, 5.41) is 20.7. The van der Waals surface area contributed by atoms with E-state index in [2.05, 4.69) is 15.5 Å². The lowest BCUT2D eigenvalue weighted by Gasteiger charge is -2.28. The van der Waals surface area contributed by atoms with Crippen molar-refractivity contribution < 1.29 is 46.1 Å². The monoisotopic (exact) mass is 624 g/mol. The van der Waals surface area contributed by atoms with Crippen molar-refractivity contribution in [3.8, 4) is 11.6 Å². The quantitative estimate of drug-likeness (QED) is 0.233. The molecule has 0 aliphatic heterocycles. The van der Waals surface area contributed by atoms with Crippen LogP contribution in [0.25, 0.3) is 16.4 Å². The van der Waals surface area contributed by atoms with Gasteiger partial charge in [0.25, 0.3) is 11.8 Å². The molecule has 4 aromatic rings. The molecule has 1 aliphatic carbocycles. The maximum Gasteiger partial charge on any atom is 0.417 e. The Balaban J connectivity index is 1.26. The fourth-order valence-corrected chi connectivity index (χ4v) is 5.03. The molecule has 1 saturated carbocycles. The van der Waals surface area contributed by atoms with E-state index in [1.54, 1.807) is 0 Å². The summed E-state index contributed by atoms with van der Waals surface area (Å²) in [7, 11) is 0. The molecule has 44 heavy (non-hydrogen) atoms. The first-order valence-corrected chi connectivity index (χ1v) is 13.6. The first kappa shape index (κ1) is 31.0. The summed E-state index contributed by atoms with van der Waals surface area (Å²) in [6.45, 7) is -0.0439. The first-order chi connectivity index (χ1) is 20.6. The molecule has 3 heterocycles. The van der Waals surface area contributed by atoms with E-state index >= 15 is 0 Å². The highest BCUT2D eigenvalue weighted by Gasteiger charge is 2.33. The van der Waals surface area contributed by atoms with E-state index in [1.165, 1.54) is 32.0 Å². The maximum atomic E-state index is 13.8. The Labute approximate surface area is 246 Å². The molecule has 16 heteroatoms. The number of halogens is 5. The number of nitrogens with two attached hydrogens (primary N) is 1. The third-order valence-corrected chi connectivity index (χ3v) is 7.13. The van der Waals surface area contributed by atoms with E-state index in [4.69, 9.17) is 15.2 Å². The lowest BCUT2D eigenvalue weighted by Crippen LogP contribution is -2.40. The predicted molar refractivity (Wildman–Crippen MR) is 146 cm³/mol. The highest BCUT2D eigenvalue weighted by atomic mass is 19.4. The number of alkyl halides is 5. The number of hydrogen-bond acceptors (Lipinski definition) is 7. The zero-order valence-electron chi connectivity index (χ0n) is 23.6. The topological polar surface area (TPSA) is 146 Å². The van der Waals surface area contributed by atoms with Crippen LogP contribution in [-0.4, -0.2) is 60.7 Å². The fourth-order valence-electron chi connectivity index (χ4n) is 5.03. The summed E-state index contributed by atoms with van der Waals surface area (Å²) in [4.78, 5) is 25.2. The average Bonchev–Trinajstić information content (AvgIpc) is 3.50. The number of rotatable bonds is 9. The number of benzene rings is 1. The van der Waals surface area contributed by atoms with Crippen LogP contribution < -0.4 is 20.5 Å². The van der Waals surface area contributed by atoms with Gasteiger partial charge in [-0.2, -0.15) is 27.1 Å². The molecule has 1 aromatic carbocycles. The minimum absolute atomic E-state index is 0.0180. The van der Waals surface area contributed by atoms with Crippen LogP contribution >= 0.6 is 0 Å². The van der Waals surface area contributed by atoms with Crippen molar-refractivity contribution in [1.29, 1.82) is 0 Å². The van der Waals surface area contributed by atoms with E-state index in [-0.39, 0.29) is 52.0 Å². The summed E-state index contributed by atoms with van der Waals surface area (Å²) in [5.74, 6) is -1.54. The molecule has 0 saturated heterocycles. The molecule has 4 N–H and O–H groups in total. The number of amides is 2. The Bertz CT molecular complexity index is 1700. The molecule has 1 fully saturated rings. The van der Waals surface area contributed by atoms with Crippen molar-refractivity contribution >= 4 is 28.2 Å². The first-order valence-electron chi connectivity index (χ1n) is 13.6. The second kappa shape index (κ2) is 11.6. The van der Waals surface area contributed by atoms with Gasteiger partial charge in [0, 0.05) is 23.7 Å². The summed E-state index contributed by atoms with van der Waals surface area (Å²) in [5.41, 5.74) is 3.07. The maximum absolute atomic E-state index is 13.8. The number of carbonyl (C=O) groups excluding carboxylic acids is 2. The highest BCUT2D eigenvalue weighted by Crippen LogP contribution is 2.33. The van der Waals surface area contributed by atoms with Gasteiger partial charge >= 0.3 is 12.7 Å². The summed E-state index contributed by atoms with van der Waals surface area (Å²) in [6.07, 6.45) is -2.75. The Hall–Kier alpha value is -4.47. The van der Waals surface area contributed by atoms with E-state index in [0.29, 0.717) is 30.4 Å². The van der Waals surface area contributed by atoms with Crippen LogP contribution in [0, 0.1) is 0 Å². The summed E-state index contributed by atoms with van der Waals surface area (Å²) >= 11 is 0. The molecular weight excluding hydrogens is 595 g/mol. The lowest BCUT2D eigenvalue weighted by molar-refractivity contribution is -0.137. The van der Waals surface area contributed by atoms with Crippen molar-refractivity contribution in [3.05, 3.63) is 53.3 Å². The van der Waals surface area contributed by atoms with Gasteiger partial charge < -0.3 is 25.6 Å². The van der Waals surface area contributed by atoms with Crippen molar-refractivity contribution in [2.45, 2.75) is 70.0 Å². The number of nitrogens with zero attached hydrogens (tertiary/aromatic N) is 4. The molecule has 0 spiro atoms. The number of primary amides is 1. The average molecular weight is 625 g/mol. The van der Waals surface area contributed by atoms with Crippen molar-refractivity contribution in [1.82, 2.24) is 24.7 Å². The lowest BCUT2D eigenvalue weighted by atomic mass is 9.92. The zero-order chi connectivity index (χ0) is 32.0. The summed E-state index contributed by atoms with van der Waals surface area (Å²) < 4.78 is 79.6. The van der Waals surface area contributed by atoms with Crippen molar-refractivity contribution in [2.75, 3.05) is 6.61 Å². The number of aromatic nitrogens is 4. The zero-order valence-corrected chi connectivity index (χ0v) is 23.6. The number of ether oxygens (including phenoxy) is 2. The summed E-state index contributed by atoms with van der Waals surface area (Å²) in [6, 6.07) is 5.83. The van der Waals surface area contributed by atoms with E-state index in [9.17, 15) is 36.6 Å². The molecule has 1 aliphatic rings. The van der Waals surface area contributed by atoms with Crippen LogP contribution in [-0.2, 0) is 6.18 Å². The molecule has 0 unspecified atom stereocenters. The molecule has 2 amide bonds. The van der Waals surface area contributed by atoms with Crippen LogP contribution in [0.5, 0.6) is 11.6 Å². The molecule has 11 nitrogen and oxygen atoms in total. The van der Waals surface area contributed by atoms with Gasteiger partial charge in [-0.1, -0.05) is 0 Å². The molecular formula is C28H29F5N6O5. The predicted octanol–water partition coefficient (Wildman–Crippen LogP) is 4.47. The second-order valence-corrected chi connectivity index (χ2v) is 11.2. The Morgan fingerprint density at radius 3 is 2.41 bits per heavy atom. The highest BCUT2D eigenvalue weighted by molar-refractivity contribution is 6.05. The Morgan fingerprint density at radius 1 is 1.09 bits per heavy atom. The Morgan fingerprint density at radius 2 is 1.80 bits per heavy atom. The van der Waals surface area contributed by atoms with Crippen molar-refractivity contribution in [3.63, 3.8) is 0 Å². The number of aliphatic hydroxyl groups is 1. The van der Waals surface area contributed by atoms with Gasteiger partial charge in [0.15, 0.2) is 5.69 Å². The molecule has 0 radical (unpaired) electrons. The second-order valence-electron chi connectivity index (χ2n) is 11.2. The van der Waals surface area contributed by atoms with Crippen molar-refractivity contribution in [2.24, 2.45) is 5.73 Å². The number of nitrogens with one attached hydrogen (secondary N) is 1. The van der Waals surface area contributed by atoms with Gasteiger partial charge in [-0.05, 0) is 63.8 Å². The standard InChI is InChI=1S/C28H29F5N6O5/c1-27(2,42)13-43-17-8-9-18-20(11-17)39(26(29)30)36-22(18)24(41)35-15-4-6-16(7-5-15)44-25-21(23(34)40)19-10-3-14(28(31,32)33)12-38(19)37-25/h3,8-12,15-16,26,42H,4-7,13H2,1-2H3,(H2,34,40)(H,35,41)/t15-,16-. The van der Waals surface area contributed by atoms with E-state index < -0.39 is 41.8 Å². The minimum atomic E-state index is -4.62. The smallest absolute Gasteiger partial charge is 0.417 e. The van der Waals surface area contributed by atoms with Gasteiger partial charge in [0.2, 0.25) is 5.88 Å². The number of hydrogen-bond donors (Lipinski definition) is 3. The van der Waals surface area contributed by atoms with Crippen LogP contribution in [0.15, 0.2) is 36.5 Å². The third-order valence-electron chi connectivity index (χ3n) is 7.13. The normalized spacial score (nSPS) is 17.8. The van der Waals surface area contributed by atoms with Gasteiger partial charge in [-0.15, -0.1) is 5.10 Å². The Kier molecular flexibility index (Phi) is 8.13. The van der Waals surface area contributed by atoms with Crippen LogP contribution in [0.3, 0.4) is 0 Å². The van der Waals surface area contributed by atoms with Gasteiger partial charge in [0.05, 0.1) is 22.2 Å². The third kappa shape index (κ3) is 6.54. The minimum Gasteiger partial charge on any atom is -0.491 e. The molecule has 5 rings (SSSR count). The van der Waals surface area contributed by atoms with Gasteiger partial charge in [0.1, 0.15) is 24.0 Å². The number of fused-ring (bicyclic) bond motifs is 2. The van der Waals surface area contributed by atoms with Crippen LogP contribution in [0.1, 0.15) is 72.5 Å². The molecule has 3 aromatic heterocycles. The van der Waals surface area contributed by atoms with Crippen LogP contribution in [0.2, 0.25) is 0 Å². The van der Waals surface area contributed by atoms with E-state index in [1.807, 2.05) is 0 Å². The number of carbonyl (C=O) groups is 2. The molecule has 0 bridgehead atoms. The largest absolute Gasteiger partial charge is 0.491 e. The SMILES string of the molecule is CC(C)(O)COc1ccc2c(C(=O)N[C@H]3CC[C@H](Oc4nn5cc(C(F)(F)F)ccc5c4C(N)=O)CC3)nn(C(F)F)c2c1. The van der Waals surface area contributed by atoms with E-state index in [0.717, 1.165) is 22.8 Å². The molecule has 236 valence electrons. The number of pyridine rings is 1.